The van der Waals surface area contributed by atoms with Crippen molar-refractivity contribution >= 4 is 23.9 Å². The van der Waals surface area contributed by atoms with Crippen molar-refractivity contribution in [2.24, 2.45) is 5.73 Å². The topological polar surface area (TPSA) is 218 Å². The normalized spacial score (nSPS) is 12.9. The first-order valence-corrected chi connectivity index (χ1v) is 6.47. The summed E-state index contributed by atoms with van der Waals surface area (Å²) in [6.45, 7) is -0.294. The molecule has 1 heterocycles. The number of hydrogen-bond donors (Lipinski definition) is 6. The van der Waals surface area contributed by atoms with Crippen molar-refractivity contribution in [1.29, 1.82) is 0 Å². The van der Waals surface area contributed by atoms with E-state index in [1.807, 2.05) is 5.32 Å². The molecule has 0 saturated heterocycles. The number of aromatic nitrogens is 2. The van der Waals surface area contributed by atoms with Crippen LogP contribution in [0.3, 0.4) is 0 Å². The number of amides is 2. The van der Waals surface area contributed by atoms with Gasteiger partial charge in [0, 0.05) is 0 Å². The Kier molecular flexibility index (Phi) is 6.61. The monoisotopic (exact) mass is 345 g/mol. The van der Waals surface area contributed by atoms with Gasteiger partial charge in [-0.2, -0.15) is 4.98 Å². The summed E-state index contributed by atoms with van der Waals surface area (Å²) in [6, 6.07) is -3.55. The summed E-state index contributed by atoms with van der Waals surface area (Å²) in [5, 5.41) is 33.5. The van der Waals surface area contributed by atoms with Gasteiger partial charge in [-0.15, -0.1) is 0 Å². The number of carboxylic acids is 3. The maximum Gasteiger partial charge on any atom is 0.326 e. The number of carbonyl (C=O) groups excluding carboxylic acids is 1. The SMILES string of the molecule is N[C@@H](CC(=O)O)c1noc(CNC(=O)NC(CC(=O)O)C(=O)O)n1. The van der Waals surface area contributed by atoms with Gasteiger partial charge in [0.2, 0.25) is 5.89 Å². The molecule has 2 atom stereocenters. The molecular formula is C11H15N5O8. The second-order valence-electron chi connectivity index (χ2n) is 4.57. The Morgan fingerprint density at radius 3 is 2.29 bits per heavy atom. The highest BCUT2D eigenvalue weighted by atomic mass is 16.5. The lowest BCUT2D eigenvalue weighted by atomic mass is 10.2. The summed E-state index contributed by atoms with van der Waals surface area (Å²) >= 11 is 0. The van der Waals surface area contributed by atoms with E-state index in [-0.39, 0.29) is 18.3 Å². The van der Waals surface area contributed by atoms with Gasteiger partial charge in [0.25, 0.3) is 0 Å². The molecule has 132 valence electrons. The highest BCUT2D eigenvalue weighted by Crippen LogP contribution is 2.10. The minimum atomic E-state index is -1.61. The van der Waals surface area contributed by atoms with E-state index >= 15 is 0 Å². The number of urea groups is 1. The average Bonchev–Trinajstić information content (AvgIpc) is 2.92. The van der Waals surface area contributed by atoms with Crippen LogP contribution in [0.4, 0.5) is 4.79 Å². The minimum absolute atomic E-state index is 0.0658. The van der Waals surface area contributed by atoms with Gasteiger partial charge in [-0.1, -0.05) is 5.16 Å². The highest BCUT2D eigenvalue weighted by molar-refractivity contribution is 5.86. The van der Waals surface area contributed by atoms with Crippen molar-refractivity contribution in [2.45, 2.75) is 31.5 Å². The molecule has 13 nitrogen and oxygen atoms in total. The van der Waals surface area contributed by atoms with Crippen LogP contribution in [0.15, 0.2) is 4.52 Å². The predicted molar refractivity (Wildman–Crippen MR) is 72.5 cm³/mol. The smallest absolute Gasteiger partial charge is 0.326 e. The van der Waals surface area contributed by atoms with E-state index in [9.17, 15) is 19.2 Å². The highest BCUT2D eigenvalue weighted by Gasteiger charge is 2.23. The third-order valence-corrected chi connectivity index (χ3v) is 2.59. The van der Waals surface area contributed by atoms with E-state index in [1.54, 1.807) is 0 Å². The molecule has 1 unspecified atom stereocenters. The molecule has 0 radical (unpaired) electrons. The lowest BCUT2D eigenvalue weighted by molar-refractivity contribution is -0.145. The van der Waals surface area contributed by atoms with Gasteiger partial charge in [-0.3, -0.25) is 9.59 Å². The van der Waals surface area contributed by atoms with Gasteiger partial charge in [0.1, 0.15) is 6.04 Å². The zero-order valence-electron chi connectivity index (χ0n) is 12.1. The lowest BCUT2D eigenvalue weighted by Gasteiger charge is -2.12. The molecule has 0 fully saturated rings. The third-order valence-electron chi connectivity index (χ3n) is 2.59. The van der Waals surface area contributed by atoms with Crippen molar-refractivity contribution < 1.29 is 39.0 Å². The number of rotatable bonds is 9. The third kappa shape index (κ3) is 6.27. The molecule has 2 amide bonds. The van der Waals surface area contributed by atoms with E-state index in [1.165, 1.54) is 0 Å². The molecule has 0 bridgehead atoms. The zero-order valence-corrected chi connectivity index (χ0v) is 12.1. The van der Waals surface area contributed by atoms with E-state index < -0.39 is 48.9 Å². The van der Waals surface area contributed by atoms with Crippen LogP contribution in [-0.2, 0) is 20.9 Å². The van der Waals surface area contributed by atoms with Gasteiger partial charge in [-0.05, 0) is 0 Å². The predicted octanol–water partition coefficient (Wildman–Crippen LogP) is -1.73. The van der Waals surface area contributed by atoms with Crippen molar-refractivity contribution in [3.8, 4) is 0 Å². The quantitative estimate of drug-likeness (QED) is 0.295. The standard InChI is InChI=1S/C11H15N5O8/c12-4(1-7(17)18)9-15-6(24-16-9)3-13-11(23)14-5(10(21)22)2-8(19)20/h4-5H,1-3,12H2,(H,17,18)(H,19,20)(H,21,22)(H2,13,14,23)/t4-,5?/m0/s1. The Balaban J connectivity index is 2.52. The summed E-state index contributed by atoms with van der Waals surface area (Å²) in [5.41, 5.74) is 5.52. The first-order valence-electron chi connectivity index (χ1n) is 6.47. The fourth-order valence-electron chi connectivity index (χ4n) is 1.51. The van der Waals surface area contributed by atoms with Crippen molar-refractivity contribution in [3.05, 3.63) is 11.7 Å². The van der Waals surface area contributed by atoms with Crippen LogP contribution in [0.1, 0.15) is 30.6 Å². The van der Waals surface area contributed by atoms with Gasteiger partial charge in [-0.25, -0.2) is 9.59 Å². The number of nitrogens with two attached hydrogens (primary N) is 1. The summed E-state index contributed by atoms with van der Waals surface area (Å²) < 4.78 is 4.75. The van der Waals surface area contributed by atoms with Crippen LogP contribution in [0.2, 0.25) is 0 Å². The first-order chi connectivity index (χ1) is 11.2. The second-order valence-corrected chi connectivity index (χ2v) is 4.57. The Bertz CT molecular complexity index is 630. The van der Waals surface area contributed by atoms with Crippen LogP contribution >= 0.6 is 0 Å². The van der Waals surface area contributed by atoms with Crippen molar-refractivity contribution in [3.63, 3.8) is 0 Å². The largest absolute Gasteiger partial charge is 0.481 e. The number of aliphatic carboxylic acids is 3. The second kappa shape index (κ2) is 8.42. The maximum absolute atomic E-state index is 11.5. The molecule has 0 aliphatic carbocycles. The molecule has 13 heteroatoms. The first kappa shape index (κ1) is 18.8. The minimum Gasteiger partial charge on any atom is -0.481 e. The Labute approximate surface area is 133 Å². The van der Waals surface area contributed by atoms with Crippen LogP contribution < -0.4 is 16.4 Å². The van der Waals surface area contributed by atoms with Crippen LogP contribution in [-0.4, -0.2) is 55.4 Å². The van der Waals surface area contributed by atoms with Gasteiger partial charge < -0.3 is 36.2 Å². The fraction of sp³-hybridized carbons (Fsp3) is 0.455. The number of carbonyl (C=O) groups is 4. The number of nitrogens with one attached hydrogen (secondary N) is 2. The molecule has 0 aliphatic heterocycles. The zero-order chi connectivity index (χ0) is 18.3. The van der Waals surface area contributed by atoms with Crippen LogP contribution in [0.5, 0.6) is 0 Å². The lowest BCUT2D eigenvalue weighted by Crippen LogP contribution is -2.46. The van der Waals surface area contributed by atoms with Gasteiger partial charge in [0.05, 0.1) is 25.4 Å². The molecule has 1 aromatic heterocycles. The van der Waals surface area contributed by atoms with E-state index in [0.717, 1.165) is 0 Å². The average molecular weight is 345 g/mol. The molecule has 0 spiro atoms. The van der Waals surface area contributed by atoms with Crippen molar-refractivity contribution in [1.82, 2.24) is 20.8 Å². The Morgan fingerprint density at radius 2 is 1.75 bits per heavy atom. The summed E-state index contributed by atoms with van der Waals surface area (Å²) in [4.78, 5) is 47.1. The van der Waals surface area contributed by atoms with Crippen LogP contribution in [0.25, 0.3) is 0 Å². The number of hydrogen-bond acceptors (Lipinski definition) is 8. The van der Waals surface area contributed by atoms with Crippen LogP contribution in [0, 0.1) is 0 Å². The molecular weight excluding hydrogens is 330 g/mol. The molecule has 0 aliphatic rings. The fourth-order valence-corrected chi connectivity index (χ4v) is 1.51. The van der Waals surface area contributed by atoms with E-state index in [2.05, 4.69) is 15.5 Å². The summed E-state index contributed by atoms with van der Waals surface area (Å²) in [5.74, 6) is -4.21. The van der Waals surface area contributed by atoms with Gasteiger partial charge in [0.15, 0.2) is 5.82 Å². The summed E-state index contributed by atoms with van der Waals surface area (Å²) in [6.07, 6.45) is -1.21. The van der Waals surface area contributed by atoms with Crippen molar-refractivity contribution in [2.75, 3.05) is 0 Å². The van der Waals surface area contributed by atoms with Gasteiger partial charge >= 0.3 is 23.9 Å². The molecule has 24 heavy (non-hydrogen) atoms. The number of nitrogens with zero attached hydrogens (tertiary/aromatic N) is 2. The maximum atomic E-state index is 11.5. The Morgan fingerprint density at radius 1 is 1.12 bits per heavy atom. The Hall–Kier alpha value is -3.22. The molecule has 1 aromatic rings. The summed E-state index contributed by atoms with van der Waals surface area (Å²) in [7, 11) is 0. The molecule has 0 saturated carbocycles. The number of carboxylic acid groups (broad SMARTS) is 3. The molecule has 1 rings (SSSR count). The van der Waals surface area contributed by atoms with E-state index in [0.29, 0.717) is 0 Å². The van der Waals surface area contributed by atoms with E-state index in [4.69, 9.17) is 25.6 Å². The molecule has 0 aromatic carbocycles. The molecule has 7 N–H and O–H groups in total.